The number of unbranched alkanes of at least 4 members (excludes halogenated alkanes) is 6. The Kier molecular flexibility index (Phi) is 9.15. The molecule has 0 N–H and O–H groups in total. The summed E-state index contributed by atoms with van der Waals surface area (Å²) in [5.74, 6) is -3.38. The van der Waals surface area contributed by atoms with Crippen LogP contribution in [0.15, 0.2) is 4.47 Å². The van der Waals surface area contributed by atoms with Crippen molar-refractivity contribution in [3.8, 4) is 0 Å². The largest absolute Gasteiger partial charge is 0.203 e. The second kappa shape index (κ2) is 10.3. The molecule has 0 atom stereocenters. The molecule has 22 heavy (non-hydrogen) atoms. The van der Waals surface area contributed by atoms with E-state index in [-0.39, 0.29) is 0 Å². The molecule has 0 amide bonds. The van der Waals surface area contributed by atoms with Gasteiger partial charge in [0.15, 0.2) is 17.5 Å². The Morgan fingerprint density at radius 3 is 1.41 bits per heavy atom. The smallest absolute Gasteiger partial charge is 0.195 e. The van der Waals surface area contributed by atoms with Gasteiger partial charge in [0.05, 0.1) is 0 Å². The number of benzene rings is 1. The van der Waals surface area contributed by atoms with Gasteiger partial charge in [-0.2, -0.15) is 0 Å². The van der Waals surface area contributed by atoms with Crippen LogP contribution < -0.4 is 0 Å². The van der Waals surface area contributed by atoms with Crippen molar-refractivity contribution in [2.45, 2.75) is 78.1 Å². The first-order valence-electron chi connectivity index (χ1n) is 8.38. The van der Waals surface area contributed by atoms with Crippen molar-refractivity contribution in [1.29, 1.82) is 0 Å². The van der Waals surface area contributed by atoms with Crippen LogP contribution in [-0.4, -0.2) is 0 Å². The molecule has 0 heterocycles. The highest BCUT2D eigenvalue weighted by Gasteiger charge is 2.22. The fraction of sp³-hybridized carbons (Fsp3) is 0.667. The van der Waals surface area contributed by atoms with Gasteiger partial charge in [-0.15, -0.1) is 0 Å². The van der Waals surface area contributed by atoms with Gasteiger partial charge in [0.25, 0.3) is 0 Å². The van der Waals surface area contributed by atoms with Crippen molar-refractivity contribution in [3.05, 3.63) is 33.1 Å². The van der Waals surface area contributed by atoms with Crippen molar-refractivity contribution in [3.63, 3.8) is 0 Å². The number of halogens is 4. The number of rotatable bonds is 10. The first-order valence-corrected chi connectivity index (χ1v) is 9.17. The molecule has 0 fully saturated rings. The van der Waals surface area contributed by atoms with E-state index < -0.39 is 17.5 Å². The summed E-state index contributed by atoms with van der Waals surface area (Å²) in [7, 11) is 0. The minimum Gasteiger partial charge on any atom is -0.203 e. The average Bonchev–Trinajstić information content (AvgIpc) is 2.51. The van der Waals surface area contributed by atoms with Crippen LogP contribution in [0.5, 0.6) is 0 Å². The van der Waals surface area contributed by atoms with E-state index in [9.17, 15) is 13.2 Å². The Morgan fingerprint density at radius 2 is 1.05 bits per heavy atom. The summed E-state index contributed by atoms with van der Waals surface area (Å²) in [5.41, 5.74) is 0.584. The van der Waals surface area contributed by atoms with Crippen molar-refractivity contribution < 1.29 is 13.2 Å². The summed E-state index contributed by atoms with van der Waals surface area (Å²) in [6.45, 7) is 4.20. The van der Waals surface area contributed by atoms with Gasteiger partial charge >= 0.3 is 0 Å². The highest BCUT2D eigenvalue weighted by atomic mass is 79.9. The molecule has 0 aliphatic rings. The van der Waals surface area contributed by atoms with E-state index in [4.69, 9.17) is 0 Å². The minimum atomic E-state index is -1.32. The zero-order valence-electron chi connectivity index (χ0n) is 13.6. The van der Waals surface area contributed by atoms with Gasteiger partial charge in [-0.1, -0.05) is 68.3 Å². The number of hydrogen-bond acceptors (Lipinski definition) is 0. The summed E-state index contributed by atoms with van der Waals surface area (Å²) in [5, 5.41) is 0. The zero-order chi connectivity index (χ0) is 16.5. The highest BCUT2D eigenvalue weighted by molar-refractivity contribution is 9.10. The van der Waals surface area contributed by atoms with E-state index in [0.717, 1.165) is 51.4 Å². The van der Waals surface area contributed by atoms with Gasteiger partial charge in [0.2, 0.25) is 0 Å². The van der Waals surface area contributed by atoms with Crippen LogP contribution in [0.4, 0.5) is 13.2 Å². The van der Waals surface area contributed by atoms with Gasteiger partial charge in [0.1, 0.15) is 0 Å². The van der Waals surface area contributed by atoms with Gasteiger partial charge in [-0.3, -0.25) is 0 Å². The van der Waals surface area contributed by atoms with E-state index in [1.165, 1.54) is 0 Å². The van der Waals surface area contributed by atoms with Crippen molar-refractivity contribution >= 4 is 15.9 Å². The first-order chi connectivity index (χ1) is 10.5. The lowest BCUT2D eigenvalue weighted by atomic mass is 9.99. The molecule has 126 valence electrons. The summed E-state index contributed by atoms with van der Waals surface area (Å²) in [6, 6.07) is 0. The van der Waals surface area contributed by atoms with Crippen LogP contribution in [0.25, 0.3) is 0 Å². The average molecular weight is 379 g/mol. The molecular formula is C18H26BrF3. The molecule has 0 spiro atoms. The second-order valence-electron chi connectivity index (χ2n) is 5.83. The molecule has 0 aliphatic carbocycles. The van der Waals surface area contributed by atoms with Gasteiger partial charge in [-0.05, 0) is 25.7 Å². The normalized spacial score (nSPS) is 11.2. The van der Waals surface area contributed by atoms with E-state index in [2.05, 4.69) is 29.8 Å². The second-order valence-corrected chi connectivity index (χ2v) is 6.63. The van der Waals surface area contributed by atoms with Crippen LogP contribution in [0.3, 0.4) is 0 Å². The van der Waals surface area contributed by atoms with Gasteiger partial charge < -0.3 is 0 Å². The Balaban J connectivity index is 2.89. The molecule has 0 unspecified atom stereocenters. The molecule has 4 heteroatoms. The van der Waals surface area contributed by atoms with Crippen LogP contribution in [0.1, 0.15) is 76.3 Å². The Morgan fingerprint density at radius 1 is 0.636 bits per heavy atom. The standard InChI is InChI=1S/C18H26BrF3/c1-3-5-7-9-11-13-15(19)14(12-10-8-6-4-2)17(21)18(22)16(13)20/h3-12H2,1-2H3. The maximum Gasteiger partial charge on any atom is 0.195 e. The molecule has 0 bridgehead atoms. The third-order valence-electron chi connectivity index (χ3n) is 4.01. The third kappa shape index (κ3) is 5.29. The Bertz CT molecular complexity index is 433. The molecule has 0 radical (unpaired) electrons. The first kappa shape index (κ1) is 19.5. The van der Waals surface area contributed by atoms with Gasteiger partial charge in [0, 0.05) is 15.6 Å². The van der Waals surface area contributed by atoms with Crippen molar-refractivity contribution in [2.24, 2.45) is 0 Å². The van der Waals surface area contributed by atoms with E-state index in [1.54, 1.807) is 0 Å². The minimum absolute atomic E-state index is 0.292. The maximum atomic E-state index is 14.0. The highest BCUT2D eigenvalue weighted by Crippen LogP contribution is 2.32. The predicted octanol–water partition coefficient (Wildman–Crippen LogP) is 7.11. The number of hydrogen-bond donors (Lipinski definition) is 0. The Labute approximate surface area is 140 Å². The monoisotopic (exact) mass is 378 g/mol. The quantitative estimate of drug-likeness (QED) is 0.231. The van der Waals surface area contributed by atoms with Crippen LogP contribution in [-0.2, 0) is 12.8 Å². The fourth-order valence-electron chi connectivity index (χ4n) is 2.63. The zero-order valence-corrected chi connectivity index (χ0v) is 15.2. The van der Waals surface area contributed by atoms with Gasteiger partial charge in [-0.25, -0.2) is 13.2 Å². The maximum absolute atomic E-state index is 14.0. The summed E-state index contributed by atoms with van der Waals surface area (Å²) >= 11 is 3.31. The van der Waals surface area contributed by atoms with Crippen LogP contribution in [0.2, 0.25) is 0 Å². The molecule has 0 saturated carbocycles. The lowest BCUT2D eigenvalue weighted by molar-refractivity contribution is 0.430. The lowest BCUT2D eigenvalue weighted by Crippen LogP contribution is -2.06. The summed E-state index contributed by atoms with van der Waals surface area (Å²) in [6.07, 6.45) is 8.78. The molecule has 0 saturated heterocycles. The topological polar surface area (TPSA) is 0 Å². The molecule has 0 nitrogen and oxygen atoms in total. The van der Waals surface area contributed by atoms with Crippen LogP contribution in [0, 0.1) is 17.5 Å². The van der Waals surface area contributed by atoms with Crippen LogP contribution >= 0.6 is 15.9 Å². The molecular weight excluding hydrogens is 353 g/mol. The molecule has 0 aromatic heterocycles. The van der Waals surface area contributed by atoms with E-state index in [1.807, 2.05) is 0 Å². The van der Waals surface area contributed by atoms with Crippen molar-refractivity contribution in [2.75, 3.05) is 0 Å². The molecule has 0 aliphatic heterocycles. The molecule has 1 aromatic carbocycles. The predicted molar refractivity (Wildman–Crippen MR) is 89.7 cm³/mol. The third-order valence-corrected chi connectivity index (χ3v) is 4.96. The fourth-order valence-corrected chi connectivity index (χ4v) is 3.38. The SMILES string of the molecule is CCCCCCc1c(F)c(F)c(F)c(CCCCCC)c1Br. The summed E-state index contributed by atoms with van der Waals surface area (Å²) in [4.78, 5) is 0. The molecule has 1 rings (SSSR count). The molecule has 1 aromatic rings. The van der Waals surface area contributed by atoms with E-state index in [0.29, 0.717) is 28.4 Å². The van der Waals surface area contributed by atoms with Crippen molar-refractivity contribution in [1.82, 2.24) is 0 Å². The Hall–Kier alpha value is -0.510. The van der Waals surface area contributed by atoms with E-state index >= 15 is 0 Å². The summed E-state index contributed by atoms with van der Waals surface area (Å²) < 4.78 is 42.3. The lowest BCUT2D eigenvalue weighted by Gasteiger charge is -2.14.